The maximum absolute atomic E-state index is 10.3. The van der Waals surface area contributed by atoms with Crippen LogP contribution in [0.2, 0.25) is 0 Å². The molecule has 2 N–H and O–H groups in total. The van der Waals surface area contributed by atoms with Crippen molar-refractivity contribution in [3.8, 4) is 0 Å². The molecule has 56 valence electrons. The lowest BCUT2D eigenvalue weighted by Crippen LogP contribution is -2.12. The summed E-state index contributed by atoms with van der Waals surface area (Å²) in [5.74, 6) is 0. The molecule has 6 heteroatoms. The molecule has 1 aromatic heterocycles. The summed E-state index contributed by atoms with van der Waals surface area (Å²) in [5.41, 5.74) is 6.08. The van der Waals surface area contributed by atoms with Gasteiger partial charge >= 0.3 is 5.69 Å². The average molecular weight is 151 g/mol. The predicted octanol–water partition coefficient (Wildman–Crippen LogP) is -1.17. The van der Waals surface area contributed by atoms with E-state index in [1.165, 1.54) is 6.20 Å². The summed E-state index contributed by atoms with van der Waals surface area (Å²) < 4.78 is 0. The van der Waals surface area contributed by atoms with Crippen molar-refractivity contribution < 1.29 is 4.92 Å². The van der Waals surface area contributed by atoms with Gasteiger partial charge in [-0.2, -0.15) is 0 Å². The highest BCUT2D eigenvalue weighted by atomic mass is 16.6. The van der Waals surface area contributed by atoms with Crippen LogP contribution in [0, 0.1) is 10.1 Å². The maximum atomic E-state index is 10.3. The number of nitrogen functional groups attached to an aromatic ring is 1. The van der Waals surface area contributed by atoms with E-state index in [0.717, 1.165) is 6.20 Å². The molecule has 1 heterocycles. The Bertz CT molecular complexity index is 302. The number of aromatic nitrogens is 1. The van der Waals surface area contributed by atoms with Gasteiger partial charge in [0.2, 0.25) is 0 Å². The molecule has 0 aliphatic heterocycles. The van der Waals surface area contributed by atoms with E-state index in [2.05, 4.69) is 4.98 Å². The SMILES string of the molecule is Bc1cncc([N+](=O)[O-])c1N. The van der Waals surface area contributed by atoms with Crippen molar-refractivity contribution in [3.63, 3.8) is 0 Å². The van der Waals surface area contributed by atoms with Gasteiger partial charge in [-0.05, 0) is 5.46 Å². The Morgan fingerprint density at radius 3 is 2.73 bits per heavy atom. The molecule has 0 saturated heterocycles. The van der Waals surface area contributed by atoms with Crippen LogP contribution in [0.5, 0.6) is 0 Å². The molecule has 0 amide bonds. The largest absolute Gasteiger partial charge is 0.394 e. The molecule has 0 saturated carbocycles. The van der Waals surface area contributed by atoms with Crippen LogP contribution in [0.3, 0.4) is 0 Å². The Balaban J connectivity index is 3.27. The number of nitrogens with zero attached hydrogens (tertiary/aromatic N) is 2. The highest BCUT2D eigenvalue weighted by Crippen LogP contribution is 2.14. The second kappa shape index (κ2) is 2.57. The van der Waals surface area contributed by atoms with Gasteiger partial charge in [-0.25, -0.2) is 0 Å². The van der Waals surface area contributed by atoms with Gasteiger partial charge in [0.1, 0.15) is 19.7 Å². The zero-order chi connectivity index (χ0) is 8.43. The van der Waals surface area contributed by atoms with Gasteiger partial charge in [0.15, 0.2) is 0 Å². The Morgan fingerprint density at radius 1 is 1.64 bits per heavy atom. The van der Waals surface area contributed by atoms with Crippen LogP contribution in [-0.4, -0.2) is 17.8 Å². The quantitative estimate of drug-likeness (QED) is 0.311. The van der Waals surface area contributed by atoms with E-state index in [1.807, 2.05) is 0 Å². The Hall–Kier alpha value is -1.59. The summed E-state index contributed by atoms with van der Waals surface area (Å²) in [6.45, 7) is 0. The lowest BCUT2D eigenvalue weighted by Gasteiger charge is -1.97. The molecule has 0 aromatic carbocycles. The topological polar surface area (TPSA) is 82.0 Å². The summed E-state index contributed by atoms with van der Waals surface area (Å²) in [4.78, 5) is 13.4. The molecule has 0 unspecified atom stereocenters. The van der Waals surface area contributed by atoms with E-state index < -0.39 is 4.92 Å². The minimum Gasteiger partial charge on any atom is -0.394 e. The van der Waals surface area contributed by atoms with Gasteiger partial charge < -0.3 is 5.73 Å². The lowest BCUT2D eigenvalue weighted by molar-refractivity contribution is -0.384. The van der Waals surface area contributed by atoms with Crippen molar-refractivity contribution in [3.05, 3.63) is 22.5 Å². The number of rotatable bonds is 1. The molecule has 0 atom stereocenters. The standard InChI is InChI=1S/C5H6BN3O2/c6-3-1-8-2-4(5(3)7)9(10)11/h1-2H,6H2,(H2,7,8). The van der Waals surface area contributed by atoms with Gasteiger partial charge in [0.25, 0.3) is 0 Å². The number of pyridine rings is 1. The minimum atomic E-state index is -0.546. The fourth-order valence-electron chi connectivity index (χ4n) is 0.706. The first-order chi connectivity index (χ1) is 5.13. The van der Waals surface area contributed by atoms with Crippen molar-refractivity contribution in [1.29, 1.82) is 0 Å². The molecule has 0 aliphatic rings. The average Bonchev–Trinajstić information content (AvgIpc) is 1.94. The van der Waals surface area contributed by atoms with Gasteiger partial charge in [-0.15, -0.1) is 0 Å². The number of anilines is 1. The molecule has 5 nitrogen and oxygen atoms in total. The van der Waals surface area contributed by atoms with E-state index in [1.54, 1.807) is 7.85 Å². The van der Waals surface area contributed by atoms with Crippen LogP contribution < -0.4 is 11.2 Å². The predicted molar refractivity (Wildman–Crippen MR) is 43.5 cm³/mol. The van der Waals surface area contributed by atoms with Crippen molar-refractivity contribution in [2.45, 2.75) is 0 Å². The van der Waals surface area contributed by atoms with Gasteiger partial charge in [-0.3, -0.25) is 15.1 Å². The first kappa shape index (κ1) is 7.52. The molecule has 0 aliphatic carbocycles. The van der Waals surface area contributed by atoms with Gasteiger partial charge in [-0.1, -0.05) is 0 Å². The summed E-state index contributed by atoms with van der Waals surface area (Å²) in [6.07, 6.45) is 2.63. The van der Waals surface area contributed by atoms with Crippen LogP contribution >= 0.6 is 0 Å². The Kier molecular flexibility index (Phi) is 1.76. The number of hydrogen-bond acceptors (Lipinski definition) is 4. The molecule has 0 spiro atoms. The van der Waals surface area contributed by atoms with Crippen molar-refractivity contribution >= 4 is 24.7 Å². The summed E-state index contributed by atoms with van der Waals surface area (Å²) in [7, 11) is 1.68. The molecule has 0 bridgehead atoms. The monoisotopic (exact) mass is 151 g/mol. The first-order valence-electron chi connectivity index (χ1n) is 2.97. The Labute approximate surface area is 63.8 Å². The van der Waals surface area contributed by atoms with E-state index in [-0.39, 0.29) is 11.4 Å². The third-order valence-corrected chi connectivity index (χ3v) is 1.36. The van der Waals surface area contributed by atoms with E-state index in [0.29, 0.717) is 5.46 Å². The summed E-state index contributed by atoms with van der Waals surface area (Å²) >= 11 is 0. The second-order valence-electron chi connectivity index (χ2n) is 2.15. The van der Waals surface area contributed by atoms with Crippen LogP contribution in [0.4, 0.5) is 11.4 Å². The lowest BCUT2D eigenvalue weighted by atomic mass is 9.96. The molecule has 1 rings (SSSR count). The number of nitrogens with two attached hydrogens (primary N) is 1. The van der Waals surface area contributed by atoms with Crippen molar-refractivity contribution in [2.75, 3.05) is 5.73 Å². The van der Waals surface area contributed by atoms with Gasteiger partial charge in [0, 0.05) is 6.20 Å². The van der Waals surface area contributed by atoms with Crippen LogP contribution in [0.1, 0.15) is 0 Å². The van der Waals surface area contributed by atoms with E-state index in [9.17, 15) is 10.1 Å². The maximum Gasteiger partial charge on any atom is 0.309 e. The van der Waals surface area contributed by atoms with Crippen molar-refractivity contribution in [1.82, 2.24) is 4.98 Å². The molecule has 0 fully saturated rings. The molecule has 11 heavy (non-hydrogen) atoms. The normalized spacial score (nSPS) is 9.45. The second-order valence-corrected chi connectivity index (χ2v) is 2.15. The van der Waals surface area contributed by atoms with Crippen LogP contribution in [-0.2, 0) is 0 Å². The molecule has 1 aromatic rings. The highest BCUT2D eigenvalue weighted by molar-refractivity contribution is 6.36. The third-order valence-electron chi connectivity index (χ3n) is 1.36. The van der Waals surface area contributed by atoms with E-state index >= 15 is 0 Å². The zero-order valence-corrected chi connectivity index (χ0v) is 5.94. The fraction of sp³-hybridized carbons (Fsp3) is 0. The first-order valence-corrected chi connectivity index (χ1v) is 2.97. The van der Waals surface area contributed by atoms with Crippen LogP contribution in [0.15, 0.2) is 12.4 Å². The smallest absolute Gasteiger partial charge is 0.309 e. The van der Waals surface area contributed by atoms with E-state index in [4.69, 9.17) is 5.73 Å². The number of hydrogen-bond donors (Lipinski definition) is 1. The molecular weight excluding hydrogens is 145 g/mol. The highest BCUT2D eigenvalue weighted by Gasteiger charge is 2.11. The van der Waals surface area contributed by atoms with Crippen molar-refractivity contribution in [2.24, 2.45) is 0 Å². The van der Waals surface area contributed by atoms with Gasteiger partial charge in [0.05, 0.1) is 4.92 Å². The third kappa shape index (κ3) is 1.29. The fourth-order valence-corrected chi connectivity index (χ4v) is 0.706. The van der Waals surface area contributed by atoms with Crippen LogP contribution in [0.25, 0.3) is 0 Å². The number of nitro groups is 1. The summed E-state index contributed by atoms with van der Waals surface area (Å²) in [6, 6.07) is 0. The molecule has 0 radical (unpaired) electrons. The Morgan fingerprint density at radius 2 is 2.27 bits per heavy atom. The molecular formula is C5H6BN3O2. The summed E-state index contributed by atoms with van der Waals surface area (Å²) in [5, 5.41) is 10.3. The zero-order valence-electron chi connectivity index (χ0n) is 5.94. The minimum absolute atomic E-state index is 0.134.